The van der Waals surface area contributed by atoms with Gasteiger partial charge in [-0.15, -0.1) is 0 Å². The summed E-state index contributed by atoms with van der Waals surface area (Å²) in [5, 5.41) is 2.04. The first kappa shape index (κ1) is 16.4. The number of aromatic nitrogens is 2. The summed E-state index contributed by atoms with van der Waals surface area (Å²) in [6, 6.07) is 0.0572. The molecule has 0 saturated carbocycles. The zero-order valence-corrected chi connectivity index (χ0v) is 13.0. The maximum absolute atomic E-state index is 11.1. The average Bonchev–Trinajstić information content (AvgIpc) is 2.20. The molecule has 0 amide bonds. The van der Waals surface area contributed by atoms with Crippen LogP contribution in [0.2, 0.25) is 10.4 Å². The molecule has 1 aromatic heterocycles. The molecule has 1 atom stereocenters. The maximum atomic E-state index is 11.1. The molecule has 19 heavy (non-hydrogen) atoms. The zero-order valence-electron chi connectivity index (χ0n) is 10.7. The molecule has 0 aliphatic heterocycles. The summed E-state index contributed by atoms with van der Waals surface area (Å²) in [6.07, 6.45) is -0.0100. The lowest BCUT2D eigenvalue weighted by atomic mass is 10.1. The minimum atomic E-state index is -4.15. The van der Waals surface area contributed by atoms with Crippen LogP contribution in [0.3, 0.4) is 0 Å². The topological polar surface area (TPSA) is 92.2 Å². The molecule has 0 aromatic carbocycles. The van der Waals surface area contributed by atoms with Crippen LogP contribution in [0.25, 0.3) is 0 Å². The molecule has 1 aromatic rings. The zero-order chi connectivity index (χ0) is 14.8. The van der Waals surface area contributed by atoms with Gasteiger partial charge < -0.3 is 5.32 Å². The molecule has 0 radical (unpaired) electrons. The summed E-state index contributed by atoms with van der Waals surface area (Å²) >= 11 is 11.7. The first-order valence-electron chi connectivity index (χ1n) is 5.56. The standard InChI is InChI=1S/C10H15Cl2N3O3S/c1-5(2)13-9-7(4-6(3)19(16,17)18)8(11)14-10(12)15-9/h5-6H,4H2,1-3H3,(H,13,14,15)(H,16,17,18). The van der Waals surface area contributed by atoms with E-state index in [-0.39, 0.29) is 22.9 Å². The Bertz CT molecular complexity index is 563. The summed E-state index contributed by atoms with van der Waals surface area (Å²) in [6.45, 7) is 5.15. The lowest BCUT2D eigenvalue weighted by Gasteiger charge is -2.16. The third-order valence-corrected chi connectivity index (χ3v) is 4.02. The van der Waals surface area contributed by atoms with E-state index in [1.807, 2.05) is 13.8 Å². The molecule has 108 valence electrons. The smallest absolute Gasteiger partial charge is 0.267 e. The maximum Gasteiger partial charge on any atom is 0.267 e. The number of anilines is 1. The van der Waals surface area contributed by atoms with Crippen molar-refractivity contribution in [3.8, 4) is 0 Å². The van der Waals surface area contributed by atoms with Crippen molar-refractivity contribution in [2.24, 2.45) is 0 Å². The van der Waals surface area contributed by atoms with Gasteiger partial charge in [-0.2, -0.15) is 8.42 Å². The highest BCUT2D eigenvalue weighted by molar-refractivity contribution is 7.86. The van der Waals surface area contributed by atoms with E-state index in [9.17, 15) is 8.42 Å². The molecule has 0 bridgehead atoms. The Morgan fingerprint density at radius 2 is 1.84 bits per heavy atom. The number of nitrogens with one attached hydrogen (secondary N) is 1. The van der Waals surface area contributed by atoms with Crippen molar-refractivity contribution in [1.82, 2.24) is 9.97 Å². The quantitative estimate of drug-likeness (QED) is 0.490. The minimum Gasteiger partial charge on any atom is -0.367 e. The van der Waals surface area contributed by atoms with Gasteiger partial charge in [-0.05, 0) is 38.8 Å². The van der Waals surface area contributed by atoms with Crippen molar-refractivity contribution in [1.29, 1.82) is 0 Å². The highest BCUT2D eigenvalue weighted by atomic mass is 35.5. The molecule has 6 nitrogen and oxygen atoms in total. The van der Waals surface area contributed by atoms with Crippen LogP contribution >= 0.6 is 23.2 Å². The van der Waals surface area contributed by atoms with E-state index in [4.69, 9.17) is 27.8 Å². The van der Waals surface area contributed by atoms with E-state index in [1.54, 1.807) is 0 Å². The number of halogens is 2. The fourth-order valence-electron chi connectivity index (χ4n) is 1.40. The van der Waals surface area contributed by atoms with E-state index in [0.29, 0.717) is 11.4 Å². The minimum absolute atomic E-state index is 0.0100. The molecular weight excluding hydrogens is 313 g/mol. The summed E-state index contributed by atoms with van der Waals surface area (Å²) in [7, 11) is -4.15. The number of rotatable bonds is 5. The molecule has 2 N–H and O–H groups in total. The molecule has 0 aliphatic rings. The summed E-state index contributed by atoms with van der Waals surface area (Å²) < 4.78 is 31.2. The molecule has 9 heteroatoms. The van der Waals surface area contributed by atoms with Gasteiger partial charge in [-0.1, -0.05) is 11.6 Å². The first-order valence-corrected chi connectivity index (χ1v) is 7.82. The summed E-state index contributed by atoms with van der Waals surface area (Å²) in [5.41, 5.74) is 0.407. The SMILES string of the molecule is CC(C)Nc1nc(Cl)nc(Cl)c1CC(C)S(=O)(=O)O. The second-order valence-corrected chi connectivity index (χ2v) is 6.97. The van der Waals surface area contributed by atoms with Gasteiger partial charge in [0.15, 0.2) is 0 Å². The van der Waals surface area contributed by atoms with Gasteiger partial charge >= 0.3 is 0 Å². The van der Waals surface area contributed by atoms with Gasteiger partial charge in [-0.3, -0.25) is 4.55 Å². The van der Waals surface area contributed by atoms with E-state index in [0.717, 1.165) is 0 Å². The predicted molar refractivity (Wildman–Crippen MR) is 75.5 cm³/mol. The van der Waals surface area contributed by atoms with Gasteiger partial charge in [0, 0.05) is 11.6 Å². The Labute approximate surface area is 122 Å². The van der Waals surface area contributed by atoms with Gasteiger partial charge in [-0.25, -0.2) is 9.97 Å². The second-order valence-electron chi connectivity index (χ2n) is 4.44. The monoisotopic (exact) mass is 327 g/mol. The summed E-state index contributed by atoms with van der Waals surface area (Å²) in [4.78, 5) is 7.77. The van der Waals surface area contributed by atoms with Crippen LogP contribution in [-0.4, -0.2) is 34.2 Å². The van der Waals surface area contributed by atoms with Crippen molar-refractivity contribution in [2.45, 2.75) is 38.5 Å². The Hall–Kier alpha value is -0.630. The average molecular weight is 328 g/mol. The predicted octanol–water partition coefficient (Wildman–Crippen LogP) is 2.42. The molecule has 1 heterocycles. The molecule has 0 fully saturated rings. The van der Waals surface area contributed by atoms with Crippen molar-refractivity contribution in [3.05, 3.63) is 16.0 Å². The van der Waals surface area contributed by atoms with Crippen molar-refractivity contribution in [2.75, 3.05) is 5.32 Å². The number of hydrogen-bond donors (Lipinski definition) is 2. The van der Waals surface area contributed by atoms with Crippen LogP contribution in [0.15, 0.2) is 0 Å². The third kappa shape index (κ3) is 4.76. The molecule has 0 saturated heterocycles. The Balaban J connectivity index is 3.18. The van der Waals surface area contributed by atoms with Gasteiger partial charge in [0.1, 0.15) is 11.0 Å². The van der Waals surface area contributed by atoms with Crippen molar-refractivity contribution in [3.63, 3.8) is 0 Å². The Morgan fingerprint density at radius 1 is 1.26 bits per heavy atom. The largest absolute Gasteiger partial charge is 0.367 e. The molecular formula is C10H15Cl2N3O3S. The van der Waals surface area contributed by atoms with E-state index >= 15 is 0 Å². The number of nitrogens with zero attached hydrogens (tertiary/aromatic N) is 2. The highest BCUT2D eigenvalue weighted by Gasteiger charge is 2.23. The fourth-order valence-corrected chi connectivity index (χ4v) is 2.23. The molecule has 0 spiro atoms. The van der Waals surface area contributed by atoms with Crippen LogP contribution < -0.4 is 5.32 Å². The van der Waals surface area contributed by atoms with Crippen molar-refractivity contribution >= 4 is 39.1 Å². The van der Waals surface area contributed by atoms with Crippen molar-refractivity contribution < 1.29 is 13.0 Å². The third-order valence-electron chi connectivity index (χ3n) is 2.35. The van der Waals surface area contributed by atoms with Crippen LogP contribution in [0, 0.1) is 0 Å². The van der Waals surface area contributed by atoms with Crippen LogP contribution in [0.5, 0.6) is 0 Å². The Morgan fingerprint density at radius 3 is 2.32 bits per heavy atom. The lowest BCUT2D eigenvalue weighted by Crippen LogP contribution is -2.22. The normalized spacial score (nSPS) is 13.6. The molecule has 0 aliphatic carbocycles. The molecule has 1 unspecified atom stereocenters. The first-order chi connectivity index (χ1) is 8.61. The van der Waals surface area contributed by atoms with E-state index in [1.165, 1.54) is 6.92 Å². The van der Waals surface area contributed by atoms with Gasteiger partial charge in [0.25, 0.3) is 10.1 Å². The van der Waals surface area contributed by atoms with E-state index < -0.39 is 15.4 Å². The number of hydrogen-bond acceptors (Lipinski definition) is 5. The fraction of sp³-hybridized carbons (Fsp3) is 0.600. The van der Waals surface area contributed by atoms with Crippen LogP contribution in [0.1, 0.15) is 26.3 Å². The second kappa shape index (κ2) is 6.21. The highest BCUT2D eigenvalue weighted by Crippen LogP contribution is 2.26. The Kier molecular flexibility index (Phi) is 5.37. The van der Waals surface area contributed by atoms with Crippen LogP contribution in [-0.2, 0) is 16.5 Å². The molecule has 1 rings (SSSR count). The van der Waals surface area contributed by atoms with Gasteiger partial charge in [0.2, 0.25) is 5.28 Å². The van der Waals surface area contributed by atoms with E-state index in [2.05, 4.69) is 15.3 Å². The van der Waals surface area contributed by atoms with Crippen LogP contribution in [0.4, 0.5) is 5.82 Å². The lowest BCUT2D eigenvalue weighted by molar-refractivity contribution is 0.469. The van der Waals surface area contributed by atoms with Gasteiger partial charge in [0.05, 0.1) is 5.25 Å². The summed E-state index contributed by atoms with van der Waals surface area (Å²) in [5.74, 6) is 0.371.